The molecule has 0 aromatic heterocycles. The third kappa shape index (κ3) is 3.08. The van der Waals surface area contributed by atoms with Crippen LogP contribution >= 0.6 is 22.6 Å². The molecule has 0 radical (unpaired) electrons. The fourth-order valence-electron chi connectivity index (χ4n) is 3.14. The van der Waals surface area contributed by atoms with Crippen molar-refractivity contribution in [2.75, 3.05) is 0 Å². The maximum Gasteiger partial charge on any atom is 0.139 e. The van der Waals surface area contributed by atoms with E-state index in [1.807, 2.05) is 0 Å². The lowest BCUT2D eigenvalue weighted by atomic mass is 9.70. The van der Waals surface area contributed by atoms with E-state index < -0.39 is 0 Å². The van der Waals surface area contributed by atoms with Crippen molar-refractivity contribution in [1.82, 2.24) is 0 Å². The number of ketones is 1. The van der Waals surface area contributed by atoms with E-state index in [9.17, 15) is 4.79 Å². The minimum atomic E-state index is -0.0344. The highest BCUT2D eigenvalue weighted by Crippen LogP contribution is 2.47. The Morgan fingerprint density at radius 3 is 2.81 bits per heavy atom. The molecule has 16 heavy (non-hydrogen) atoms. The van der Waals surface area contributed by atoms with Crippen LogP contribution in [0.2, 0.25) is 0 Å². The van der Waals surface area contributed by atoms with Gasteiger partial charge in [0.1, 0.15) is 5.78 Å². The highest BCUT2D eigenvalue weighted by atomic mass is 127. The molecule has 0 N–H and O–H groups in total. The Balaban J connectivity index is 2.60. The number of carbonyl (C=O) groups excluding carboxylic acids is 1. The standard InChI is InChI=1S/C14H23IO/c1-11(2)12-7-8-13(16)14(12,3)9-5-4-6-10-15/h6,10-12H,4-5,7-9H2,1-3H3/b10-6-. The average Bonchev–Trinajstić information content (AvgIpc) is 2.51. The number of hydrogen-bond acceptors (Lipinski definition) is 1. The van der Waals surface area contributed by atoms with Gasteiger partial charge in [-0.25, -0.2) is 0 Å². The van der Waals surface area contributed by atoms with Gasteiger partial charge in [0.15, 0.2) is 0 Å². The summed E-state index contributed by atoms with van der Waals surface area (Å²) in [7, 11) is 0. The molecule has 0 heterocycles. The lowest BCUT2D eigenvalue weighted by Crippen LogP contribution is -2.31. The number of allylic oxidation sites excluding steroid dienone is 1. The van der Waals surface area contributed by atoms with Crippen LogP contribution < -0.4 is 0 Å². The smallest absolute Gasteiger partial charge is 0.139 e. The number of rotatable bonds is 5. The third-order valence-corrected chi connectivity index (χ3v) is 4.61. The maximum absolute atomic E-state index is 12.1. The Labute approximate surface area is 113 Å². The lowest BCUT2D eigenvalue weighted by molar-refractivity contribution is -0.127. The number of unbranched alkanes of at least 4 members (excludes halogenated alkanes) is 1. The van der Waals surface area contributed by atoms with Crippen molar-refractivity contribution in [3.63, 3.8) is 0 Å². The highest BCUT2D eigenvalue weighted by Gasteiger charge is 2.46. The second-order valence-corrected chi connectivity index (χ2v) is 6.20. The zero-order valence-corrected chi connectivity index (χ0v) is 12.8. The van der Waals surface area contributed by atoms with E-state index in [-0.39, 0.29) is 5.41 Å². The van der Waals surface area contributed by atoms with E-state index in [4.69, 9.17) is 0 Å². The van der Waals surface area contributed by atoms with Gasteiger partial charge in [0.25, 0.3) is 0 Å². The first-order valence-corrected chi connectivity index (χ1v) is 7.55. The summed E-state index contributed by atoms with van der Waals surface area (Å²) in [6, 6.07) is 0. The van der Waals surface area contributed by atoms with Crippen LogP contribution in [0.1, 0.15) is 52.9 Å². The van der Waals surface area contributed by atoms with E-state index in [1.165, 1.54) is 0 Å². The summed E-state index contributed by atoms with van der Waals surface area (Å²) in [5.41, 5.74) is -0.0344. The van der Waals surface area contributed by atoms with Gasteiger partial charge < -0.3 is 0 Å². The highest BCUT2D eigenvalue weighted by molar-refractivity contribution is 14.1. The quantitative estimate of drug-likeness (QED) is 0.524. The molecule has 0 saturated heterocycles. The summed E-state index contributed by atoms with van der Waals surface area (Å²) in [4.78, 5) is 12.1. The van der Waals surface area contributed by atoms with Crippen LogP contribution in [0, 0.1) is 17.3 Å². The Bertz CT molecular complexity index is 270. The molecule has 1 fully saturated rings. The topological polar surface area (TPSA) is 17.1 Å². The monoisotopic (exact) mass is 334 g/mol. The Kier molecular flexibility index (Phi) is 5.48. The molecule has 0 aromatic rings. The second kappa shape index (κ2) is 6.18. The summed E-state index contributed by atoms with van der Waals surface area (Å²) in [6.45, 7) is 6.71. The number of carbonyl (C=O) groups is 1. The number of halogens is 1. The van der Waals surface area contributed by atoms with Gasteiger partial charge in [0.05, 0.1) is 0 Å². The van der Waals surface area contributed by atoms with Gasteiger partial charge >= 0.3 is 0 Å². The van der Waals surface area contributed by atoms with Gasteiger partial charge in [-0.3, -0.25) is 4.79 Å². The zero-order chi connectivity index (χ0) is 12.2. The van der Waals surface area contributed by atoms with Gasteiger partial charge in [0.2, 0.25) is 0 Å². The molecule has 1 aliphatic rings. The van der Waals surface area contributed by atoms with Crippen molar-refractivity contribution in [3.05, 3.63) is 10.2 Å². The summed E-state index contributed by atoms with van der Waals surface area (Å²) in [6.07, 6.45) is 7.42. The summed E-state index contributed by atoms with van der Waals surface area (Å²) < 4.78 is 2.07. The van der Waals surface area contributed by atoms with Crippen LogP contribution in [-0.2, 0) is 4.79 Å². The summed E-state index contributed by atoms with van der Waals surface area (Å²) in [5, 5.41) is 0. The van der Waals surface area contributed by atoms with E-state index >= 15 is 0 Å². The van der Waals surface area contributed by atoms with Gasteiger partial charge in [0, 0.05) is 11.8 Å². The molecule has 1 saturated carbocycles. The molecule has 2 heteroatoms. The molecule has 0 amide bonds. The minimum absolute atomic E-state index is 0.0344. The predicted molar refractivity (Wildman–Crippen MR) is 77.7 cm³/mol. The summed E-state index contributed by atoms with van der Waals surface area (Å²) >= 11 is 2.25. The van der Waals surface area contributed by atoms with Crippen molar-refractivity contribution in [1.29, 1.82) is 0 Å². The second-order valence-electron chi connectivity index (χ2n) is 5.48. The Morgan fingerprint density at radius 1 is 1.56 bits per heavy atom. The molecule has 1 nitrogen and oxygen atoms in total. The molecular weight excluding hydrogens is 311 g/mol. The third-order valence-electron chi connectivity index (χ3n) is 4.10. The first-order valence-electron chi connectivity index (χ1n) is 6.31. The number of hydrogen-bond donors (Lipinski definition) is 0. The first kappa shape index (κ1) is 14.2. The molecule has 1 aliphatic carbocycles. The normalized spacial score (nSPS) is 30.8. The molecule has 0 bridgehead atoms. The molecule has 0 aromatic carbocycles. The molecule has 92 valence electrons. The van der Waals surface area contributed by atoms with Gasteiger partial charge in [-0.1, -0.05) is 49.4 Å². The largest absolute Gasteiger partial charge is 0.299 e. The van der Waals surface area contributed by atoms with Gasteiger partial charge in [-0.2, -0.15) is 0 Å². The van der Waals surface area contributed by atoms with Crippen molar-refractivity contribution in [3.8, 4) is 0 Å². The Hall–Kier alpha value is 0.140. The van der Waals surface area contributed by atoms with E-state index in [0.29, 0.717) is 17.6 Å². The predicted octanol–water partition coefficient (Wildman–Crippen LogP) is 4.75. The Morgan fingerprint density at radius 2 is 2.25 bits per heavy atom. The fraction of sp³-hybridized carbons (Fsp3) is 0.786. The van der Waals surface area contributed by atoms with Crippen molar-refractivity contribution < 1.29 is 4.79 Å². The van der Waals surface area contributed by atoms with Crippen molar-refractivity contribution in [2.45, 2.75) is 52.9 Å². The zero-order valence-electron chi connectivity index (χ0n) is 10.6. The van der Waals surface area contributed by atoms with Crippen molar-refractivity contribution in [2.24, 2.45) is 17.3 Å². The number of Topliss-reactive ketones (excluding diaryl/α,β-unsaturated/α-hetero) is 1. The molecule has 0 aliphatic heterocycles. The molecule has 2 atom stereocenters. The van der Waals surface area contributed by atoms with Crippen LogP contribution in [0.15, 0.2) is 10.2 Å². The van der Waals surface area contributed by atoms with E-state index in [1.54, 1.807) is 0 Å². The molecule has 2 unspecified atom stereocenters. The molecule has 0 spiro atoms. The summed E-state index contributed by atoms with van der Waals surface area (Å²) in [5.74, 6) is 1.74. The van der Waals surface area contributed by atoms with Crippen LogP contribution in [0.4, 0.5) is 0 Å². The van der Waals surface area contributed by atoms with Gasteiger partial charge in [-0.05, 0) is 41.6 Å². The van der Waals surface area contributed by atoms with Crippen LogP contribution in [0.3, 0.4) is 0 Å². The van der Waals surface area contributed by atoms with Crippen molar-refractivity contribution >= 4 is 28.4 Å². The average molecular weight is 334 g/mol. The SMILES string of the molecule is CC(C)C1CCC(=O)C1(C)CCC/C=C\I. The fourth-order valence-corrected chi connectivity index (χ4v) is 3.50. The van der Waals surface area contributed by atoms with Crippen LogP contribution in [0.25, 0.3) is 0 Å². The molecule has 1 rings (SSSR count). The van der Waals surface area contributed by atoms with Gasteiger partial charge in [-0.15, -0.1) is 0 Å². The first-order chi connectivity index (χ1) is 7.52. The van der Waals surface area contributed by atoms with Crippen LogP contribution in [0.5, 0.6) is 0 Å². The maximum atomic E-state index is 12.1. The minimum Gasteiger partial charge on any atom is -0.299 e. The van der Waals surface area contributed by atoms with E-state index in [2.05, 4.69) is 53.5 Å². The molecular formula is C14H23IO. The van der Waals surface area contributed by atoms with Crippen LogP contribution in [-0.4, -0.2) is 5.78 Å². The van der Waals surface area contributed by atoms with E-state index in [0.717, 1.165) is 32.1 Å². The lowest BCUT2D eigenvalue weighted by Gasteiger charge is -2.32.